The second-order valence-electron chi connectivity index (χ2n) is 6.80. The largest absolute Gasteiger partial charge is 0.481 e. The summed E-state index contributed by atoms with van der Waals surface area (Å²) in [6, 6.07) is 9.67. The van der Waals surface area contributed by atoms with Crippen LogP contribution in [-0.4, -0.2) is 50.7 Å². The molecule has 9 nitrogen and oxygen atoms in total. The molecule has 0 spiro atoms. The fourth-order valence-corrected chi connectivity index (χ4v) is 4.07. The minimum absolute atomic E-state index is 0.0410. The quantitative estimate of drug-likeness (QED) is 0.580. The summed E-state index contributed by atoms with van der Waals surface area (Å²) >= 11 is 1.48. The lowest BCUT2D eigenvalue weighted by Crippen LogP contribution is -2.33. The lowest BCUT2D eigenvalue weighted by Gasteiger charge is -2.13. The molecule has 158 valence electrons. The topological polar surface area (TPSA) is 117 Å². The molecule has 3 heterocycles. The monoisotopic (exact) mass is 429 g/mol. The summed E-state index contributed by atoms with van der Waals surface area (Å²) in [7, 11) is 0. The Morgan fingerprint density at radius 3 is 2.77 bits per heavy atom. The average molecular weight is 430 g/mol. The molecule has 1 atom stereocenters. The van der Waals surface area contributed by atoms with Gasteiger partial charge in [0.2, 0.25) is 11.8 Å². The molecule has 10 heteroatoms. The van der Waals surface area contributed by atoms with E-state index in [4.69, 9.17) is 9.90 Å². The van der Waals surface area contributed by atoms with Gasteiger partial charge in [0.15, 0.2) is 5.13 Å². The number of hydrogen-bond donors (Lipinski definition) is 2. The number of anilines is 1. The number of aryl methyl sites for hydroxylation is 1. The molecule has 2 N–H and O–H groups in total. The molecule has 0 bridgehead atoms. The van der Waals surface area contributed by atoms with Crippen LogP contribution in [0.15, 0.2) is 42.7 Å². The zero-order valence-electron chi connectivity index (χ0n) is 16.5. The first-order valence-electron chi connectivity index (χ1n) is 9.54. The number of aromatic nitrogens is 3. The van der Waals surface area contributed by atoms with Crippen LogP contribution in [0.1, 0.15) is 19.8 Å². The first-order chi connectivity index (χ1) is 14.4. The van der Waals surface area contributed by atoms with Crippen molar-refractivity contribution >= 4 is 44.5 Å². The molecular formula is C20H23N5O4S. The molecule has 4 rings (SSSR count). The molecule has 0 saturated carbocycles. The van der Waals surface area contributed by atoms with Crippen LogP contribution < -0.4 is 10.2 Å². The maximum Gasteiger partial charge on any atom is 0.300 e. The third-order valence-corrected chi connectivity index (χ3v) is 5.49. The zero-order valence-corrected chi connectivity index (χ0v) is 17.3. The van der Waals surface area contributed by atoms with Crippen molar-refractivity contribution in [3.8, 4) is 0 Å². The van der Waals surface area contributed by atoms with Gasteiger partial charge in [0, 0.05) is 45.4 Å². The number of hydrogen-bond acceptors (Lipinski definition) is 6. The van der Waals surface area contributed by atoms with Crippen LogP contribution in [0, 0.1) is 5.92 Å². The lowest BCUT2D eigenvalue weighted by atomic mass is 10.1. The summed E-state index contributed by atoms with van der Waals surface area (Å²) in [6.07, 6.45) is 4.67. The summed E-state index contributed by atoms with van der Waals surface area (Å²) in [4.78, 5) is 39.9. The molecular weight excluding hydrogens is 406 g/mol. The third-order valence-electron chi connectivity index (χ3n) is 4.43. The normalized spacial score (nSPS) is 15.7. The van der Waals surface area contributed by atoms with Crippen LogP contribution in [-0.2, 0) is 20.9 Å². The molecule has 1 aromatic carbocycles. The summed E-state index contributed by atoms with van der Waals surface area (Å²) in [5.74, 6) is -1.26. The number of fused-ring (bicyclic) bond motifs is 1. The van der Waals surface area contributed by atoms with Crippen LogP contribution in [0.2, 0.25) is 0 Å². The van der Waals surface area contributed by atoms with E-state index >= 15 is 0 Å². The van der Waals surface area contributed by atoms with Crippen LogP contribution in [0.5, 0.6) is 0 Å². The Hall–Kier alpha value is -3.27. The van der Waals surface area contributed by atoms with Gasteiger partial charge >= 0.3 is 0 Å². The van der Waals surface area contributed by atoms with Gasteiger partial charge in [-0.05, 0) is 24.6 Å². The van der Waals surface area contributed by atoms with Gasteiger partial charge in [-0.1, -0.05) is 23.5 Å². The number of benzene rings is 1. The van der Waals surface area contributed by atoms with Crippen molar-refractivity contribution in [1.29, 1.82) is 0 Å². The lowest BCUT2D eigenvalue weighted by molar-refractivity contribution is -0.134. The second-order valence-corrected chi connectivity index (χ2v) is 7.81. The molecule has 30 heavy (non-hydrogen) atoms. The number of carbonyl (C=O) groups excluding carboxylic acids is 2. The first kappa shape index (κ1) is 21.4. The number of nitrogens with one attached hydrogen (secondary N) is 1. The van der Waals surface area contributed by atoms with Gasteiger partial charge in [-0.15, -0.1) is 0 Å². The van der Waals surface area contributed by atoms with E-state index in [0.717, 1.165) is 30.1 Å². The van der Waals surface area contributed by atoms with E-state index in [1.807, 2.05) is 41.2 Å². The number of aliphatic carboxylic acids is 1. The van der Waals surface area contributed by atoms with E-state index in [1.54, 1.807) is 11.1 Å². The number of amides is 2. The average Bonchev–Trinajstić information content (AvgIpc) is 3.43. The van der Waals surface area contributed by atoms with E-state index in [-0.39, 0.29) is 24.2 Å². The number of carboxylic acid groups (broad SMARTS) is 1. The van der Waals surface area contributed by atoms with Gasteiger partial charge in [0.1, 0.15) is 0 Å². The fraction of sp³-hybridized carbons (Fsp3) is 0.350. The van der Waals surface area contributed by atoms with Gasteiger partial charge in [0.05, 0.1) is 16.1 Å². The van der Waals surface area contributed by atoms with E-state index in [2.05, 4.69) is 15.4 Å². The molecule has 0 aliphatic carbocycles. The zero-order chi connectivity index (χ0) is 21.5. The molecule has 2 aromatic heterocycles. The fourth-order valence-electron chi connectivity index (χ4n) is 3.07. The smallest absolute Gasteiger partial charge is 0.300 e. The highest BCUT2D eigenvalue weighted by molar-refractivity contribution is 7.22. The number of rotatable bonds is 6. The molecule has 0 radical (unpaired) electrons. The Bertz CT molecular complexity index is 980. The van der Waals surface area contributed by atoms with Crippen LogP contribution in [0.25, 0.3) is 10.2 Å². The third kappa shape index (κ3) is 5.63. The molecule has 1 aliphatic heterocycles. The van der Waals surface area contributed by atoms with Crippen LogP contribution in [0.3, 0.4) is 0 Å². The highest BCUT2D eigenvalue weighted by atomic mass is 32.1. The minimum atomic E-state index is -0.833. The van der Waals surface area contributed by atoms with Crippen molar-refractivity contribution in [2.75, 3.05) is 18.0 Å². The van der Waals surface area contributed by atoms with E-state index in [9.17, 15) is 9.59 Å². The molecule has 3 aromatic rings. The van der Waals surface area contributed by atoms with Crippen molar-refractivity contribution in [2.24, 2.45) is 5.92 Å². The Kier molecular flexibility index (Phi) is 7.12. The van der Waals surface area contributed by atoms with Crippen LogP contribution >= 0.6 is 11.3 Å². The number of thiazole rings is 1. The van der Waals surface area contributed by atoms with E-state index < -0.39 is 5.97 Å². The Morgan fingerprint density at radius 1 is 1.30 bits per heavy atom. The molecule has 1 unspecified atom stereocenters. The van der Waals surface area contributed by atoms with E-state index in [1.165, 1.54) is 11.3 Å². The number of para-hydroxylation sites is 1. The van der Waals surface area contributed by atoms with Gasteiger partial charge in [0.25, 0.3) is 5.97 Å². The summed E-state index contributed by atoms with van der Waals surface area (Å²) < 4.78 is 2.88. The molecule has 2 amide bonds. The number of carbonyl (C=O) groups is 3. The van der Waals surface area contributed by atoms with E-state index in [0.29, 0.717) is 18.2 Å². The van der Waals surface area contributed by atoms with Crippen molar-refractivity contribution in [3.05, 3.63) is 42.7 Å². The van der Waals surface area contributed by atoms with Crippen molar-refractivity contribution in [3.63, 3.8) is 0 Å². The van der Waals surface area contributed by atoms with Gasteiger partial charge in [-0.25, -0.2) is 4.98 Å². The first-order valence-corrected chi connectivity index (χ1v) is 10.4. The highest BCUT2D eigenvalue weighted by Crippen LogP contribution is 2.32. The van der Waals surface area contributed by atoms with Crippen molar-refractivity contribution in [1.82, 2.24) is 20.1 Å². The highest BCUT2D eigenvalue weighted by Gasteiger charge is 2.36. The maximum atomic E-state index is 12.4. The summed E-state index contributed by atoms with van der Waals surface area (Å²) in [5, 5.41) is 15.1. The second kappa shape index (κ2) is 9.97. The van der Waals surface area contributed by atoms with Crippen LogP contribution in [0.4, 0.5) is 5.13 Å². The molecule has 1 saturated heterocycles. The maximum absolute atomic E-state index is 12.4. The Morgan fingerprint density at radius 2 is 2.07 bits per heavy atom. The Balaban J connectivity index is 0.000000589. The number of carboxylic acids is 1. The molecule has 1 fully saturated rings. The summed E-state index contributed by atoms with van der Waals surface area (Å²) in [6.45, 7) is 2.81. The minimum Gasteiger partial charge on any atom is -0.481 e. The molecule has 1 aliphatic rings. The summed E-state index contributed by atoms with van der Waals surface area (Å²) in [5.41, 5.74) is 0.881. The Labute approximate surface area is 177 Å². The van der Waals surface area contributed by atoms with Crippen molar-refractivity contribution < 1.29 is 19.5 Å². The predicted molar refractivity (Wildman–Crippen MR) is 113 cm³/mol. The van der Waals surface area contributed by atoms with Gasteiger partial charge in [-0.3, -0.25) is 24.0 Å². The standard InChI is InChI=1S/C18H19N5O2S.C2H4O2/c24-16-11-13(17(25)19-7-3-9-22-10-4-8-20-22)12-23(16)18-21-14-5-1-2-6-15(14)26-18;1-2(3)4/h1-2,4-6,8,10,13H,3,7,9,11-12H2,(H,19,25);1H3,(H,3,4). The predicted octanol–water partition coefficient (Wildman–Crippen LogP) is 2.14. The van der Waals surface area contributed by atoms with Gasteiger partial charge in [-0.2, -0.15) is 5.10 Å². The van der Waals surface area contributed by atoms with Crippen molar-refractivity contribution in [2.45, 2.75) is 26.3 Å². The SMILES string of the molecule is CC(=O)O.O=C(NCCCn1cccn1)C1CC(=O)N(c2nc3ccccc3s2)C1. The number of nitrogens with zero attached hydrogens (tertiary/aromatic N) is 4. The van der Waals surface area contributed by atoms with Gasteiger partial charge < -0.3 is 10.4 Å².